The summed E-state index contributed by atoms with van der Waals surface area (Å²) >= 11 is 0. The molecular weight excluding hydrogens is 267 g/mol. The van der Waals surface area contributed by atoms with Crippen LogP contribution < -0.4 is 10.6 Å². The quantitative estimate of drug-likeness (QED) is 0.754. The SMILES string of the molecule is CNc1ccn2cc(-c3ccc(NCCF)cc3)nc2c1. The minimum atomic E-state index is -0.373. The molecule has 21 heavy (non-hydrogen) atoms. The Morgan fingerprint density at radius 3 is 2.67 bits per heavy atom. The van der Waals surface area contributed by atoms with Gasteiger partial charge in [-0.05, 0) is 18.2 Å². The van der Waals surface area contributed by atoms with E-state index in [0.29, 0.717) is 6.54 Å². The molecule has 5 heteroatoms. The van der Waals surface area contributed by atoms with Gasteiger partial charge >= 0.3 is 0 Å². The third-order valence-corrected chi connectivity index (χ3v) is 3.35. The van der Waals surface area contributed by atoms with Gasteiger partial charge in [0.25, 0.3) is 0 Å². The zero-order valence-corrected chi connectivity index (χ0v) is 11.8. The summed E-state index contributed by atoms with van der Waals surface area (Å²) in [5, 5.41) is 6.11. The fourth-order valence-electron chi connectivity index (χ4n) is 2.23. The van der Waals surface area contributed by atoms with Gasteiger partial charge in [-0.15, -0.1) is 0 Å². The van der Waals surface area contributed by atoms with Gasteiger partial charge in [0.05, 0.1) is 5.69 Å². The largest absolute Gasteiger partial charge is 0.388 e. The molecule has 0 unspecified atom stereocenters. The van der Waals surface area contributed by atoms with Crippen LogP contribution in [-0.2, 0) is 0 Å². The van der Waals surface area contributed by atoms with E-state index in [1.54, 1.807) is 0 Å². The third kappa shape index (κ3) is 2.81. The van der Waals surface area contributed by atoms with Crippen LogP contribution in [0.2, 0.25) is 0 Å². The minimum Gasteiger partial charge on any atom is -0.388 e. The summed E-state index contributed by atoms with van der Waals surface area (Å²) in [5.74, 6) is 0. The second-order valence-electron chi connectivity index (χ2n) is 4.75. The predicted octanol–water partition coefficient (Wildman–Crippen LogP) is 3.42. The maximum atomic E-state index is 12.1. The maximum Gasteiger partial charge on any atom is 0.139 e. The van der Waals surface area contributed by atoms with E-state index in [2.05, 4.69) is 15.6 Å². The minimum absolute atomic E-state index is 0.334. The summed E-state index contributed by atoms with van der Waals surface area (Å²) in [7, 11) is 1.89. The van der Waals surface area contributed by atoms with Gasteiger partial charge in [-0.25, -0.2) is 9.37 Å². The van der Waals surface area contributed by atoms with Crippen molar-refractivity contribution in [3.8, 4) is 11.3 Å². The molecule has 0 saturated heterocycles. The fourth-order valence-corrected chi connectivity index (χ4v) is 2.23. The van der Waals surface area contributed by atoms with Crippen LogP contribution >= 0.6 is 0 Å². The lowest BCUT2D eigenvalue weighted by Gasteiger charge is -2.04. The highest BCUT2D eigenvalue weighted by molar-refractivity contribution is 5.66. The normalized spacial score (nSPS) is 10.8. The molecule has 0 aliphatic heterocycles. The van der Waals surface area contributed by atoms with Crippen molar-refractivity contribution in [1.29, 1.82) is 0 Å². The smallest absolute Gasteiger partial charge is 0.139 e. The lowest BCUT2D eigenvalue weighted by atomic mass is 10.1. The maximum absolute atomic E-state index is 12.1. The van der Waals surface area contributed by atoms with Crippen molar-refractivity contribution in [3.63, 3.8) is 0 Å². The summed E-state index contributed by atoms with van der Waals surface area (Å²) in [6.07, 6.45) is 3.98. The van der Waals surface area contributed by atoms with Gasteiger partial charge in [-0.3, -0.25) is 0 Å². The molecule has 0 radical (unpaired) electrons. The Bertz CT molecular complexity index is 734. The van der Waals surface area contributed by atoms with Crippen molar-refractivity contribution in [1.82, 2.24) is 9.38 Å². The average Bonchev–Trinajstić information content (AvgIpc) is 2.96. The molecule has 2 N–H and O–H groups in total. The fraction of sp³-hybridized carbons (Fsp3) is 0.188. The van der Waals surface area contributed by atoms with E-state index in [-0.39, 0.29) is 6.67 Å². The molecule has 0 atom stereocenters. The van der Waals surface area contributed by atoms with Gasteiger partial charge in [0, 0.05) is 49.0 Å². The summed E-state index contributed by atoms with van der Waals surface area (Å²) in [5.41, 5.74) is 4.80. The van der Waals surface area contributed by atoms with Crippen molar-refractivity contribution in [3.05, 3.63) is 48.8 Å². The predicted molar refractivity (Wildman–Crippen MR) is 84.6 cm³/mol. The first kappa shape index (κ1) is 13.4. The Balaban J connectivity index is 1.89. The number of nitrogens with zero attached hydrogens (tertiary/aromatic N) is 2. The van der Waals surface area contributed by atoms with Gasteiger partial charge < -0.3 is 15.0 Å². The van der Waals surface area contributed by atoms with Gasteiger partial charge in [-0.1, -0.05) is 12.1 Å². The van der Waals surface area contributed by atoms with Crippen LogP contribution in [0.5, 0.6) is 0 Å². The number of nitrogens with one attached hydrogen (secondary N) is 2. The van der Waals surface area contributed by atoms with Crippen LogP contribution in [0.25, 0.3) is 16.9 Å². The molecule has 0 aliphatic rings. The molecule has 0 bridgehead atoms. The van der Waals surface area contributed by atoms with Crippen LogP contribution in [-0.4, -0.2) is 29.7 Å². The number of pyridine rings is 1. The van der Waals surface area contributed by atoms with Crippen molar-refractivity contribution >= 4 is 17.0 Å². The van der Waals surface area contributed by atoms with Gasteiger partial charge in [0.2, 0.25) is 0 Å². The van der Waals surface area contributed by atoms with Crippen LogP contribution in [0.1, 0.15) is 0 Å². The van der Waals surface area contributed by atoms with Crippen molar-refractivity contribution in [2.75, 3.05) is 30.9 Å². The highest BCUT2D eigenvalue weighted by atomic mass is 19.1. The number of fused-ring (bicyclic) bond motifs is 1. The zero-order valence-electron chi connectivity index (χ0n) is 11.8. The molecule has 0 spiro atoms. The molecule has 2 aromatic heterocycles. The topological polar surface area (TPSA) is 41.4 Å². The molecule has 2 heterocycles. The van der Waals surface area contributed by atoms with E-state index in [1.807, 2.05) is 60.2 Å². The van der Waals surface area contributed by atoms with Crippen LogP contribution in [0.3, 0.4) is 0 Å². The second kappa shape index (κ2) is 5.83. The Morgan fingerprint density at radius 1 is 1.14 bits per heavy atom. The number of benzene rings is 1. The Hall–Kier alpha value is -2.56. The number of hydrogen-bond donors (Lipinski definition) is 2. The number of rotatable bonds is 5. The van der Waals surface area contributed by atoms with E-state index < -0.39 is 0 Å². The molecule has 3 aromatic rings. The van der Waals surface area contributed by atoms with E-state index in [1.165, 1.54) is 0 Å². The van der Waals surface area contributed by atoms with Gasteiger partial charge in [0.15, 0.2) is 0 Å². The molecule has 1 aromatic carbocycles. The highest BCUT2D eigenvalue weighted by Crippen LogP contribution is 2.22. The first-order valence-electron chi connectivity index (χ1n) is 6.87. The lowest BCUT2D eigenvalue weighted by Crippen LogP contribution is -2.02. The molecule has 0 fully saturated rings. The van der Waals surface area contributed by atoms with E-state index in [4.69, 9.17) is 0 Å². The Kier molecular flexibility index (Phi) is 3.73. The molecule has 3 rings (SSSR count). The third-order valence-electron chi connectivity index (χ3n) is 3.35. The number of anilines is 2. The van der Waals surface area contributed by atoms with Gasteiger partial charge in [-0.2, -0.15) is 0 Å². The summed E-state index contributed by atoms with van der Waals surface area (Å²) < 4.78 is 14.1. The molecule has 108 valence electrons. The van der Waals surface area contributed by atoms with Crippen molar-refractivity contribution in [2.45, 2.75) is 0 Å². The second-order valence-corrected chi connectivity index (χ2v) is 4.75. The number of alkyl halides is 1. The monoisotopic (exact) mass is 284 g/mol. The number of hydrogen-bond acceptors (Lipinski definition) is 3. The number of aromatic nitrogens is 2. The zero-order chi connectivity index (χ0) is 14.7. The Morgan fingerprint density at radius 2 is 1.95 bits per heavy atom. The number of halogens is 1. The number of imidazole rings is 1. The van der Waals surface area contributed by atoms with Crippen LogP contribution in [0, 0.1) is 0 Å². The molecule has 0 aliphatic carbocycles. The first-order valence-corrected chi connectivity index (χ1v) is 6.87. The van der Waals surface area contributed by atoms with Crippen molar-refractivity contribution in [2.24, 2.45) is 0 Å². The molecule has 0 saturated carbocycles. The highest BCUT2D eigenvalue weighted by Gasteiger charge is 2.05. The van der Waals surface area contributed by atoms with E-state index >= 15 is 0 Å². The molecule has 4 nitrogen and oxygen atoms in total. The summed E-state index contributed by atoms with van der Waals surface area (Å²) in [6, 6.07) is 11.9. The lowest BCUT2D eigenvalue weighted by molar-refractivity contribution is 0.513. The summed E-state index contributed by atoms with van der Waals surface area (Å²) in [6.45, 7) is -0.0392. The van der Waals surface area contributed by atoms with Gasteiger partial charge in [0.1, 0.15) is 12.3 Å². The molecule has 0 amide bonds. The van der Waals surface area contributed by atoms with E-state index in [0.717, 1.165) is 28.3 Å². The molecular formula is C16H17FN4. The van der Waals surface area contributed by atoms with E-state index in [9.17, 15) is 4.39 Å². The van der Waals surface area contributed by atoms with Crippen molar-refractivity contribution < 1.29 is 4.39 Å². The summed E-state index contributed by atoms with van der Waals surface area (Å²) in [4.78, 5) is 4.63. The van der Waals surface area contributed by atoms with Crippen LogP contribution in [0.4, 0.5) is 15.8 Å². The van der Waals surface area contributed by atoms with Crippen LogP contribution in [0.15, 0.2) is 48.8 Å². The Labute approximate surface area is 122 Å². The first-order chi connectivity index (χ1) is 10.3. The standard InChI is InChI=1S/C16H17FN4/c1-18-14-6-9-21-11-15(20-16(21)10-14)12-2-4-13(5-3-12)19-8-7-17/h2-6,9-11,18-19H,7-8H2,1H3. The average molecular weight is 284 g/mol.